The first-order valence-electron chi connectivity index (χ1n) is 5.76. The maximum Gasteiger partial charge on any atom is 0.00671 e. The molecule has 1 unspecified atom stereocenters. The Morgan fingerprint density at radius 2 is 1.92 bits per heavy atom. The smallest absolute Gasteiger partial charge is 0.00671 e. The molecule has 1 nitrogen and oxygen atoms in total. The molecule has 1 N–H and O–H groups in total. The van der Waals surface area contributed by atoms with Crippen molar-refractivity contribution >= 4 is 11.8 Å². The molecule has 1 saturated carbocycles. The SMILES string of the molecule is C1CCC(NCC2CCSC2)CC1. The quantitative estimate of drug-likeness (QED) is 0.750. The van der Waals surface area contributed by atoms with Crippen LogP contribution < -0.4 is 5.32 Å². The first kappa shape index (κ1) is 9.85. The molecule has 1 aliphatic heterocycles. The Hall–Kier alpha value is 0.310. The van der Waals surface area contributed by atoms with Gasteiger partial charge in [0, 0.05) is 6.04 Å². The normalized spacial score (nSPS) is 30.9. The van der Waals surface area contributed by atoms with Crippen LogP contribution in [0.25, 0.3) is 0 Å². The number of rotatable bonds is 3. The molecular weight excluding hydrogens is 178 g/mol. The van der Waals surface area contributed by atoms with Crippen LogP contribution in [-0.2, 0) is 0 Å². The molecule has 1 atom stereocenters. The van der Waals surface area contributed by atoms with Crippen LogP contribution in [-0.4, -0.2) is 24.1 Å². The van der Waals surface area contributed by atoms with Crippen molar-refractivity contribution in [3.63, 3.8) is 0 Å². The van der Waals surface area contributed by atoms with Crippen LogP contribution in [0.15, 0.2) is 0 Å². The van der Waals surface area contributed by atoms with Crippen LogP contribution in [0.4, 0.5) is 0 Å². The summed E-state index contributed by atoms with van der Waals surface area (Å²) in [6.45, 7) is 1.29. The molecule has 0 aromatic heterocycles. The highest BCUT2D eigenvalue weighted by Gasteiger charge is 2.18. The van der Waals surface area contributed by atoms with E-state index < -0.39 is 0 Å². The Morgan fingerprint density at radius 3 is 2.62 bits per heavy atom. The molecule has 2 aliphatic rings. The molecule has 0 radical (unpaired) electrons. The largest absolute Gasteiger partial charge is 0.314 e. The van der Waals surface area contributed by atoms with Crippen molar-refractivity contribution in [1.82, 2.24) is 5.32 Å². The van der Waals surface area contributed by atoms with Crippen LogP contribution >= 0.6 is 11.8 Å². The van der Waals surface area contributed by atoms with E-state index in [0.717, 1.165) is 12.0 Å². The summed E-state index contributed by atoms with van der Waals surface area (Å²) < 4.78 is 0. The topological polar surface area (TPSA) is 12.0 Å². The average molecular weight is 199 g/mol. The first-order valence-corrected chi connectivity index (χ1v) is 6.92. The molecule has 0 bridgehead atoms. The second-order valence-corrected chi connectivity index (χ2v) is 5.62. The number of thioether (sulfide) groups is 1. The van der Waals surface area contributed by atoms with Crippen LogP contribution in [0.2, 0.25) is 0 Å². The van der Waals surface area contributed by atoms with Gasteiger partial charge < -0.3 is 5.32 Å². The lowest BCUT2D eigenvalue weighted by molar-refractivity contribution is 0.354. The summed E-state index contributed by atoms with van der Waals surface area (Å²) in [6, 6.07) is 0.861. The molecule has 2 fully saturated rings. The first-order chi connectivity index (χ1) is 6.45. The molecule has 0 aromatic rings. The van der Waals surface area contributed by atoms with Crippen molar-refractivity contribution in [3.05, 3.63) is 0 Å². The zero-order chi connectivity index (χ0) is 8.93. The summed E-state index contributed by atoms with van der Waals surface area (Å²) in [5, 5.41) is 3.75. The minimum absolute atomic E-state index is 0.861. The monoisotopic (exact) mass is 199 g/mol. The molecule has 2 rings (SSSR count). The lowest BCUT2D eigenvalue weighted by Crippen LogP contribution is -2.34. The molecule has 1 aliphatic carbocycles. The molecule has 2 heteroatoms. The van der Waals surface area contributed by atoms with Crippen LogP contribution in [0, 0.1) is 5.92 Å². The highest BCUT2D eigenvalue weighted by atomic mass is 32.2. The molecule has 0 aromatic carbocycles. The van der Waals surface area contributed by atoms with Gasteiger partial charge in [-0.25, -0.2) is 0 Å². The lowest BCUT2D eigenvalue weighted by Gasteiger charge is -2.24. The van der Waals surface area contributed by atoms with E-state index in [2.05, 4.69) is 17.1 Å². The minimum atomic E-state index is 0.861. The third-order valence-corrected chi connectivity index (χ3v) is 4.56. The average Bonchev–Trinajstić information content (AvgIpc) is 2.69. The highest BCUT2D eigenvalue weighted by molar-refractivity contribution is 7.99. The van der Waals surface area contributed by atoms with Crippen molar-refractivity contribution in [1.29, 1.82) is 0 Å². The summed E-state index contributed by atoms with van der Waals surface area (Å²) in [5.74, 6) is 3.78. The fraction of sp³-hybridized carbons (Fsp3) is 1.00. The van der Waals surface area contributed by atoms with Crippen molar-refractivity contribution in [2.75, 3.05) is 18.1 Å². The third kappa shape index (κ3) is 3.17. The summed E-state index contributed by atoms with van der Waals surface area (Å²) >= 11 is 2.13. The summed E-state index contributed by atoms with van der Waals surface area (Å²) in [6.07, 6.45) is 8.69. The van der Waals surface area contributed by atoms with Gasteiger partial charge in [0.15, 0.2) is 0 Å². The molecular formula is C11H21NS. The van der Waals surface area contributed by atoms with E-state index in [1.807, 2.05) is 0 Å². The fourth-order valence-electron chi connectivity index (χ4n) is 2.38. The van der Waals surface area contributed by atoms with Gasteiger partial charge in [0.2, 0.25) is 0 Å². The van der Waals surface area contributed by atoms with Crippen molar-refractivity contribution in [3.8, 4) is 0 Å². The Balaban J connectivity index is 1.60. The van der Waals surface area contributed by atoms with E-state index in [4.69, 9.17) is 0 Å². The maximum absolute atomic E-state index is 3.75. The standard InChI is InChI=1S/C11H21NS/c1-2-4-11(5-3-1)12-8-10-6-7-13-9-10/h10-12H,1-9H2. The van der Waals surface area contributed by atoms with E-state index >= 15 is 0 Å². The minimum Gasteiger partial charge on any atom is -0.314 e. The predicted molar refractivity (Wildman–Crippen MR) is 60.3 cm³/mol. The molecule has 1 saturated heterocycles. The van der Waals surface area contributed by atoms with Crippen molar-refractivity contribution in [2.24, 2.45) is 5.92 Å². The number of nitrogens with one attached hydrogen (secondary N) is 1. The molecule has 1 heterocycles. The van der Waals surface area contributed by atoms with Gasteiger partial charge in [-0.2, -0.15) is 11.8 Å². The van der Waals surface area contributed by atoms with E-state index in [1.165, 1.54) is 56.6 Å². The van der Waals surface area contributed by atoms with Gasteiger partial charge in [-0.15, -0.1) is 0 Å². The second-order valence-electron chi connectivity index (χ2n) is 4.47. The Bertz CT molecular complexity index is 137. The van der Waals surface area contributed by atoms with Gasteiger partial charge >= 0.3 is 0 Å². The van der Waals surface area contributed by atoms with Crippen LogP contribution in [0.1, 0.15) is 38.5 Å². The maximum atomic E-state index is 3.75. The van der Waals surface area contributed by atoms with E-state index in [9.17, 15) is 0 Å². The van der Waals surface area contributed by atoms with Gasteiger partial charge in [-0.1, -0.05) is 19.3 Å². The predicted octanol–water partition coefficient (Wildman–Crippen LogP) is 2.66. The van der Waals surface area contributed by atoms with Gasteiger partial charge in [0.1, 0.15) is 0 Å². The number of hydrogen-bond acceptors (Lipinski definition) is 2. The Labute approximate surface area is 86.0 Å². The van der Waals surface area contributed by atoms with E-state index in [-0.39, 0.29) is 0 Å². The molecule has 0 spiro atoms. The van der Waals surface area contributed by atoms with Crippen LogP contribution in [0.5, 0.6) is 0 Å². The molecule has 76 valence electrons. The van der Waals surface area contributed by atoms with Gasteiger partial charge in [-0.05, 0) is 43.2 Å². The summed E-state index contributed by atoms with van der Waals surface area (Å²) in [5.41, 5.74) is 0. The van der Waals surface area contributed by atoms with Crippen molar-refractivity contribution < 1.29 is 0 Å². The van der Waals surface area contributed by atoms with Crippen LogP contribution in [0.3, 0.4) is 0 Å². The fourth-order valence-corrected chi connectivity index (χ4v) is 3.67. The highest BCUT2D eigenvalue weighted by Crippen LogP contribution is 2.23. The Kier molecular flexibility index (Phi) is 3.98. The summed E-state index contributed by atoms with van der Waals surface area (Å²) in [4.78, 5) is 0. The Morgan fingerprint density at radius 1 is 1.08 bits per heavy atom. The second kappa shape index (κ2) is 5.26. The molecule has 13 heavy (non-hydrogen) atoms. The zero-order valence-electron chi connectivity index (χ0n) is 8.43. The lowest BCUT2D eigenvalue weighted by atomic mass is 9.95. The van der Waals surface area contributed by atoms with Gasteiger partial charge in [0.05, 0.1) is 0 Å². The molecule has 0 amide bonds. The van der Waals surface area contributed by atoms with E-state index in [1.54, 1.807) is 0 Å². The zero-order valence-corrected chi connectivity index (χ0v) is 9.24. The number of hydrogen-bond donors (Lipinski definition) is 1. The van der Waals surface area contributed by atoms with Gasteiger partial charge in [-0.3, -0.25) is 0 Å². The van der Waals surface area contributed by atoms with E-state index in [0.29, 0.717) is 0 Å². The van der Waals surface area contributed by atoms with Crippen molar-refractivity contribution in [2.45, 2.75) is 44.6 Å². The van der Waals surface area contributed by atoms with Gasteiger partial charge in [0.25, 0.3) is 0 Å². The third-order valence-electron chi connectivity index (χ3n) is 3.32. The summed E-state index contributed by atoms with van der Waals surface area (Å²) in [7, 11) is 0.